The van der Waals surface area contributed by atoms with Gasteiger partial charge < -0.3 is 4.74 Å². The predicted octanol–water partition coefficient (Wildman–Crippen LogP) is 1.05. The summed E-state index contributed by atoms with van der Waals surface area (Å²) in [5.41, 5.74) is 0. The molecular weight excluding hydrogens is 128 g/mol. The molecule has 0 radical (unpaired) electrons. The molecule has 0 spiro atoms. The van der Waals surface area contributed by atoms with Crippen molar-refractivity contribution in [3.8, 4) is 0 Å². The highest BCUT2D eigenvalue weighted by atomic mass is 16.5. The van der Waals surface area contributed by atoms with Crippen molar-refractivity contribution >= 4 is 5.78 Å². The van der Waals surface area contributed by atoms with E-state index in [1.807, 2.05) is 18.2 Å². The Labute approximate surface area is 59.2 Å². The maximum atomic E-state index is 11.0. The Morgan fingerprint density at radius 3 is 3.30 bits per heavy atom. The SMILES string of the molecule is O=C1COC2=CC=CCC12. The normalized spacial score (nSPS) is 29.4. The third-order valence-electron chi connectivity index (χ3n) is 1.88. The maximum Gasteiger partial charge on any atom is 0.181 e. The molecule has 1 aliphatic carbocycles. The quantitative estimate of drug-likeness (QED) is 0.497. The van der Waals surface area contributed by atoms with Gasteiger partial charge in [0.2, 0.25) is 0 Å². The number of fused-ring (bicyclic) bond motifs is 1. The number of hydrogen-bond acceptors (Lipinski definition) is 2. The number of hydrogen-bond donors (Lipinski definition) is 0. The van der Waals surface area contributed by atoms with E-state index in [9.17, 15) is 4.79 Å². The second-order valence-electron chi connectivity index (χ2n) is 2.54. The number of carbonyl (C=O) groups excluding carboxylic acids is 1. The van der Waals surface area contributed by atoms with Gasteiger partial charge in [-0.1, -0.05) is 12.2 Å². The molecule has 2 nitrogen and oxygen atoms in total. The van der Waals surface area contributed by atoms with Gasteiger partial charge in [0.25, 0.3) is 0 Å². The van der Waals surface area contributed by atoms with Crippen LogP contribution in [0.5, 0.6) is 0 Å². The number of ketones is 1. The van der Waals surface area contributed by atoms with E-state index < -0.39 is 0 Å². The topological polar surface area (TPSA) is 26.3 Å². The number of allylic oxidation sites excluding steroid dienone is 4. The largest absolute Gasteiger partial charge is 0.489 e. The average Bonchev–Trinajstić information content (AvgIpc) is 2.34. The first kappa shape index (κ1) is 5.71. The molecule has 52 valence electrons. The fourth-order valence-corrected chi connectivity index (χ4v) is 1.30. The van der Waals surface area contributed by atoms with E-state index >= 15 is 0 Å². The van der Waals surface area contributed by atoms with E-state index in [1.165, 1.54) is 0 Å². The predicted molar refractivity (Wildman–Crippen MR) is 36.3 cm³/mol. The van der Waals surface area contributed by atoms with Crippen molar-refractivity contribution in [3.05, 3.63) is 24.0 Å². The Balaban J connectivity index is 2.31. The van der Waals surface area contributed by atoms with Gasteiger partial charge in [-0.25, -0.2) is 0 Å². The van der Waals surface area contributed by atoms with Crippen LogP contribution in [-0.2, 0) is 9.53 Å². The summed E-state index contributed by atoms with van der Waals surface area (Å²) in [5.74, 6) is 1.12. The van der Waals surface area contributed by atoms with Gasteiger partial charge in [-0.3, -0.25) is 4.79 Å². The molecule has 0 amide bonds. The molecular formula is C8H8O2. The van der Waals surface area contributed by atoms with Crippen molar-refractivity contribution < 1.29 is 9.53 Å². The van der Waals surface area contributed by atoms with E-state index in [1.54, 1.807) is 0 Å². The summed E-state index contributed by atoms with van der Waals surface area (Å²) in [6, 6.07) is 0. The summed E-state index contributed by atoms with van der Waals surface area (Å²) < 4.78 is 5.13. The number of carbonyl (C=O) groups is 1. The summed E-state index contributed by atoms with van der Waals surface area (Å²) in [6.45, 7) is 0.276. The first-order valence-corrected chi connectivity index (χ1v) is 3.40. The molecule has 1 unspecified atom stereocenters. The lowest BCUT2D eigenvalue weighted by Crippen LogP contribution is -2.09. The molecule has 1 atom stereocenters. The van der Waals surface area contributed by atoms with E-state index in [2.05, 4.69) is 0 Å². The Kier molecular flexibility index (Phi) is 1.13. The van der Waals surface area contributed by atoms with Gasteiger partial charge in [-0.2, -0.15) is 0 Å². The van der Waals surface area contributed by atoms with Gasteiger partial charge in [0.05, 0.1) is 5.92 Å². The second-order valence-corrected chi connectivity index (χ2v) is 2.54. The second kappa shape index (κ2) is 1.97. The van der Waals surface area contributed by atoms with Crippen LogP contribution in [0.1, 0.15) is 6.42 Å². The van der Waals surface area contributed by atoms with Crippen LogP contribution in [0, 0.1) is 5.92 Å². The third-order valence-corrected chi connectivity index (χ3v) is 1.88. The van der Waals surface area contributed by atoms with Gasteiger partial charge in [-0.05, 0) is 12.5 Å². The molecule has 1 aliphatic heterocycles. The third kappa shape index (κ3) is 0.685. The molecule has 2 aliphatic rings. The first-order chi connectivity index (χ1) is 4.88. The Morgan fingerprint density at radius 1 is 1.60 bits per heavy atom. The highest BCUT2D eigenvalue weighted by molar-refractivity contribution is 5.87. The van der Waals surface area contributed by atoms with Crippen LogP contribution in [0.25, 0.3) is 0 Å². The fraction of sp³-hybridized carbons (Fsp3) is 0.375. The Morgan fingerprint density at radius 2 is 2.50 bits per heavy atom. The van der Waals surface area contributed by atoms with E-state index in [0.29, 0.717) is 0 Å². The summed E-state index contributed by atoms with van der Waals surface area (Å²) in [7, 11) is 0. The van der Waals surface area contributed by atoms with Crippen LogP contribution in [-0.4, -0.2) is 12.4 Å². The van der Waals surface area contributed by atoms with Crippen molar-refractivity contribution in [2.75, 3.05) is 6.61 Å². The molecule has 2 heteroatoms. The lowest BCUT2D eigenvalue weighted by molar-refractivity contribution is -0.120. The molecule has 0 aromatic heterocycles. The van der Waals surface area contributed by atoms with Gasteiger partial charge in [0.15, 0.2) is 5.78 Å². The molecule has 1 fully saturated rings. The van der Waals surface area contributed by atoms with Crippen molar-refractivity contribution in [2.45, 2.75) is 6.42 Å². The maximum absolute atomic E-state index is 11.0. The van der Waals surface area contributed by atoms with Gasteiger partial charge in [0.1, 0.15) is 12.4 Å². The monoisotopic (exact) mass is 136 g/mol. The lowest BCUT2D eigenvalue weighted by atomic mass is 9.97. The summed E-state index contributed by atoms with van der Waals surface area (Å²) in [6.07, 6.45) is 6.63. The summed E-state index contributed by atoms with van der Waals surface area (Å²) in [5, 5.41) is 0. The molecule has 0 N–H and O–H groups in total. The number of rotatable bonds is 0. The van der Waals surface area contributed by atoms with Gasteiger partial charge >= 0.3 is 0 Å². The zero-order valence-corrected chi connectivity index (χ0v) is 5.54. The number of Topliss-reactive ketones (excluding diaryl/α,β-unsaturated/α-hetero) is 1. The van der Waals surface area contributed by atoms with E-state index in [4.69, 9.17) is 4.74 Å². The average molecular weight is 136 g/mol. The van der Waals surface area contributed by atoms with Crippen LogP contribution in [0.4, 0.5) is 0 Å². The van der Waals surface area contributed by atoms with Crippen molar-refractivity contribution in [2.24, 2.45) is 5.92 Å². The lowest BCUT2D eigenvalue weighted by Gasteiger charge is -2.07. The molecule has 0 aromatic rings. The van der Waals surface area contributed by atoms with Crippen LogP contribution in [0.3, 0.4) is 0 Å². The van der Waals surface area contributed by atoms with Gasteiger partial charge in [-0.15, -0.1) is 0 Å². The van der Waals surface area contributed by atoms with Crippen molar-refractivity contribution in [1.82, 2.24) is 0 Å². The minimum atomic E-state index is 0.0463. The molecule has 0 aromatic carbocycles. The van der Waals surface area contributed by atoms with Crippen LogP contribution >= 0.6 is 0 Å². The molecule has 0 bridgehead atoms. The van der Waals surface area contributed by atoms with Crippen molar-refractivity contribution in [1.29, 1.82) is 0 Å². The highest BCUT2D eigenvalue weighted by Gasteiger charge is 2.30. The fourth-order valence-electron chi connectivity index (χ4n) is 1.30. The Hall–Kier alpha value is -1.05. The van der Waals surface area contributed by atoms with E-state index in [-0.39, 0.29) is 18.3 Å². The highest BCUT2D eigenvalue weighted by Crippen LogP contribution is 2.27. The summed E-state index contributed by atoms with van der Waals surface area (Å²) in [4.78, 5) is 11.0. The minimum Gasteiger partial charge on any atom is -0.489 e. The van der Waals surface area contributed by atoms with Crippen LogP contribution in [0.2, 0.25) is 0 Å². The van der Waals surface area contributed by atoms with Crippen LogP contribution in [0.15, 0.2) is 24.0 Å². The first-order valence-electron chi connectivity index (χ1n) is 3.40. The molecule has 1 heterocycles. The zero-order valence-electron chi connectivity index (χ0n) is 5.54. The smallest absolute Gasteiger partial charge is 0.181 e. The number of ether oxygens (including phenoxy) is 1. The standard InChI is InChI=1S/C8H8O2/c9-7-5-10-8-4-2-1-3-6(7)8/h1-2,4,6H,3,5H2. The molecule has 0 saturated carbocycles. The van der Waals surface area contributed by atoms with E-state index in [0.717, 1.165) is 12.2 Å². The van der Waals surface area contributed by atoms with Crippen molar-refractivity contribution in [3.63, 3.8) is 0 Å². The minimum absolute atomic E-state index is 0.0463. The molecule has 1 saturated heterocycles. The zero-order chi connectivity index (χ0) is 6.97. The molecule has 10 heavy (non-hydrogen) atoms. The summed E-state index contributed by atoms with van der Waals surface area (Å²) >= 11 is 0. The molecule has 2 rings (SSSR count). The van der Waals surface area contributed by atoms with Crippen LogP contribution < -0.4 is 0 Å². The Bertz CT molecular complexity index is 225. The van der Waals surface area contributed by atoms with Gasteiger partial charge in [0, 0.05) is 0 Å².